The second kappa shape index (κ2) is 8.46. The van der Waals surface area contributed by atoms with Crippen molar-refractivity contribution in [3.8, 4) is 0 Å². The van der Waals surface area contributed by atoms with Gasteiger partial charge >= 0.3 is 0 Å². The molecule has 1 saturated heterocycles. The first-order valence-corrected chi connectivity index (χ1v) is 9.31. The van der Waals surface area contributed by atoms with Crippen molar-refractivity contribution in [2.75, 3.05) is 25.0 Å². The maximum Gasteiger partial charge on any atom is 0.210 e. The molecule has 1 aliphatic rings. The van der Waals surface area contributed by atoms with E-state index < -0.39 is 0 Å². The smallest absolute Gasteiger partial charge is 0.210 e. The predicted octanol–water partition coefficient (Wildman–Crippen LogP) is 2.10. The van der Waals surface area contributed by atoms with Gasteiger partial charge in [0.1, 0.15) is 17.7 Å². The van der Waals surface area contributed by atoms with E-state index in [4.69, 9.17) is 5.11 Å². The average molecular weight is 348 g/mol. The lowest BCUT2D eigenvalue weighted by Gasteiger charge is -2.35. The molecule has 24 heavy (non-hydrogen) atoms. The van der Waals surface area contributed by atoms with Crippen LogP contribution in [0.2, 0.25) is 0 Å². The zero-order chi connectivity index (χ0) is 16.8. The van der Waals surface area contributed by atoms with Gasteiger partial charge in [0.25, 0.3) is 0 Å². The molecule has 1 aliphatic heterocycles. The normalized spacial score (nSPS) is 17.8. The Balaban J connectivity index is 1.52. The lowest BCUT2D eigenvalue weighted by Crippen LogP contribution is -2.40. The molecule has 7 nitrogen and oxygen atoms in total. The van der Waals surface area contributed by atoms with Crippen LogP contribution in [0.5, 0.6) is 0 Å². The highest BCUT2D eigenvalue weighted by Crippen LogP contribution is 2.24. The number of likely N-dealkylation sites (tertiary alicyclic amines) is 1. The third-order valence-electron chi connectivity index (χ3n) is 4.64. The molecule has 8 heteroatoms. The third-order valence-corrected chi connectivity index (χ3v) is 5.24. The molecule has 3 rings (SSSR count). The van der Waals surface area contributed by atoms with Crippen LogP contribution in [0.25, 0.3) is 0 Å². The van der Waals surface area contributed by atoms with Crippen molar-refractivity contribution < 1.29 is 5.11 Å². The van der Waals surface area contributed by atoms with Crippen LogP contribution >= 0.6 is 11.3 Å². The quantitative estimate of drug-likeness (QED) is 0.792. The molecule has 0 radical (unpaired) electrons. The first-order valence-electron chi connectivity index (χ1n) is 8.43. The molecule has 1 fully saturated rings. The van der Waals surface area contributed by atoms with Gasteiger partial charge in [-0.25, -0.2) is 9.97 Å². The van der Waals surface area contributed by atoms with Gasteiger partial charge < -0.3 is 15.3 Å². The van der Waals surface area contributed by atoms with Crippen LogP contribution in [-0.2, 0) is 6.42 Å². The topological polar surface area (TPSA) is 87.1 Å². The zero-order valence-electron chi connectivity index (χ0n) is 13.9. The van der Waals surface area contributed by atoms with Crippen molar-refractivity contribution in [3.63, 3.8) is 0 Å². The summed E-state index contributed by atoms with van der Waals surface area (Å²) < 4.78 is 0. The Hall–Kier alpha value is -1.64. The number of aliphatic hydroxyl groups excluding tert-OH is 1. The van der Waals surface area contributed by atoms with E-state index in [0.717, 1.165) is 42.6 Å². The maximum absolute atomic E-state index is 9.08. The van der Waals surface area contributed by atoms with Crippen LogP contribution in [0.15, 0.2) is 17.9 Å². The highest BCUT2D eigenvalue weighted by molar-refractivity contribution is 7.13. The molecule has 0 amide bonds. The average Bonchev–Trinajstić information content (AvgIpc) is 3.09. The van der Waals surface area contributed by atoms with Crippen molar-refractivity contribution in [2.24, 2.45) is 5.92 Å². The minimum atomic E-state index is 0.270. The van der Waals surface area contributed by atoms with E-state index in [0.29, 0.717) is 12.0 Å². The highest BCUT2D eigenvalue weighted by Gasteiger charge is 2.23. The van der Waals surface area contributed by atoms with E-state index >= 15 is 0 Å². The van der Waals surface area contributed by atoms with Crippen LogP contribution in [0.1, 0.15) is 31.9 Å². The van der Waals surface area contributed by atoms with Crippen molar-refractivity contribution >= 4 is 22.3 Å². The minimum absolute atomic E-state index is 0.270. The van der Waals surface area contributed by atoms with Crippen molar-refractivity contribution in [1.82, 2.24) is 25.1 Å². The molecule has 0 spiro atoms. The number of piperidine rings is 1. The lowest BCUT2D eigenvalue weighted by molar-refractivity contribution is 0.119. The Kier molecular flexibility index (Phi) is 6.06. The van der Waals surface area contributed by atoms with Crippen LogP contribution in [0.4, 0.5) is 10.9 Å². The van der Waals surface area contributed by atoms with Crippen molar-refractivity contribution in [3.05, 3.63) is 23.6 Å². The van der Waals surface area contributed by atoms with E-state index in [9.17, 15) is 0 Å². The Morgan fingerprint density at radius 3 is 2.92 bits per heavy atom. The Labute approximate surface area is 146 Å². The monoisotopic (exact) mass is 348 g/mol. The van der Waals surface area contributed by atoms with Crippen molar-refractivity contribution in [2.45, 2.75) is 38.6 Å². The van der Waals surface area contributed by atoms with Crippen LogP contribution < -0.4 is 5.32 Å². The largest absolute Gasteiger partial charge is 0.396 e. The van der Waals surface area contributed by atoms with E-state index in [-0.39, 0.29) is 6.61 Å². The fraction of sp³-hybridized carbons (Fsp3) is 0.625. The number of aromatic nitrogens is 4. The van der Waals surface area contributed by atoms with Gasteiger partial charge in [0.2, 0.25) is 5.13 Å². The number of anilines is 2. The van der Waals surface area contributed by atoms with Gasteiger partial charge in [0.05, 0.1) is 0 Å². The summed E-state index contributed by atoms with van der Waals surface area (Å²) in [5.41, 5.74) is 2.76. The third kappa shape index (κ3) is 4.68. The summed E-state index contributed by atoms with van der Waals surface area (Å²) in [4.78, 5) is 11.1. The first kappa shape index (κ1) is 17.2. The summed E-state index contributed by atoms with van der Waals surface area (Å²) in [6.07, 6.45) is 5.81. The first-order chi connectivity index (χ1) is 11.7. The molecule has 1 unspecified atom stereocenters. The number of hydrogen-bond acceptors (Lipinski definition) is 8. The van der Waals surface area contributed by atoms with Gasteiger partial charge in [0, 0.05) is 24.4 Å². The number of aliphatic hydroxyl groups is 1. The summed E-state index contributed by atoms with van der Waals surface area (Å²) >= 11 is 1.45. The second-order valence-corrected chi connectivity index (χ2v) is 7.14. The lowest BCUT2D eigenvalue weighted by atomic mass is 9.91. The van der Waals surface area contributed by atoms with Gasteiger partial charge in [-0.3, -0.25) is 0 Å². The molecule has 2 aromatic rings. The molecule has 3 heterocycles. The molecule has 0 saturated carbocycles. The van der Waals surface area contributed by atoms with Gasteiger partial charge in [-0.15, -0.1) is 10.2 Å². The van der Waals surface area contributed by atoms with Crippen LogP contribution in [-0.4, -0.2) is 55.9 Å². The Morgan fingerprint density at radius 2 is 2.21 bits per heavy atom. The molecule has 0 aromatic carbocycles. The molecule has 1 atom stereocenters. The van der Waals surface area contributed by atoms with Gasteiger partial charge in [-0.1, -0.05) is 11.3 Å². The van der Waals surface area contributed by atoms with Crippen LogP contribution in [0, 0.1) is 5.92 Å². The van der Waals surface area contributed by atoms with Crippen molar-refractivity contribution in [1.29, 1.82) is 0 Å². The number of rotatable bonds is 7. The van der Waals surface area contributed by atoms with Gasteiger partial charge in [0.15, 0.2) is 0 Å². The van der Waals surface area contributed by atoms with Gasteiger partial charge in [-0.05, 0) is 51.6 Å². The summed E-state index contributed by atoms with van der Waals surface area (Å²) in [5, 5.41) is 20.8. The summed E-state index contributed by atoms with van der Waals surface area (Å²) in [7, 11) is 0. The van der Waals surface area contributed by atoms with E-state index in [2.05, 4.69) is 37.3 Å². The van der Waals surface area contributed by atoms with E-state index in [1.165, 1.54) is 24.2 Å². The highest BCUT2D eigenvalue weighted by atomic mass is 32.1. The number of hydrogen-bond donors (Lipinski definition) is 2. The molecular formula is C16H24N6OS. The maximum atomic E-state index is 9.08. The predicted molar refractivity (Wildman–Crippen MR) is 94.4 cm³/mol. The Bertz CT molecular complexity index is 615. The SMILES string of the molecule is CC(CCO)N1CCC(Cc2cc(Nc3nncs3)ncn2)CC1. The molecular weight excluding hydrogens is 324 g/mol. The Morgan fingerprint density at radius 1 is 1.38 bits per heavy atom. The molecule has 2 aromatic heterocycles. The second-order valence-electron chi connectivity index (χ2n) is 6.31. The molecule has 130 valence electrons. The summed E-state index contributed by atoms with van der Waals surface area (Å²) in [5.74, 6) is 1.43. The van der Waals surface area contributed by atoms with E-state index in [1.807, 2.05) is 6.07 Å². The molecule has 0 bridgehead atoms. The summed E-state index contributed by atoms with van der Waals surface area (Å²) in [6, 6.07) is 2.47. The summed E-state index contributed by atoms with van der Waals surface area (Å²) in [6.45, 7) is 4.68. The molecule has 2 N–H and O–H groups in total. The standard InChI is InChI=1S/C16H24N6OS/c1-12(4-7-23)22-5-2-13(3-6-22)8-14-9-15(18-10-17-14)20-16-21-19-11-24-16/h9-13,23H,2-8H2,1H3,(H,17,18,20,21). The fourth-order valence-corrected chi connectivity index (χ4v) is 3.63. The van der Waals surface area contributed by atoms with E-state index in [1.54, 1.807) is 11.8 Å². The minimum Gasteiger partial charge on any atom is -0.396 e. The number of nitrogens with zero attached hydrogens (tertiary/aromatic N) is 5. The van der Waals surface area contributed by atoms with Gasteiger partial charge in [-0.2, -0.15) is 0 Å². The number of nitrogens with one attached hydrogen (secondary N) is 1. The zero-order valence-corrected chi connectivity index (χ0v) is 14.7. The van der Waals surface area contributed by atoms with Crippen LogP contribution in [0.3, 0.4) is 0 Å². The molecule has 0 aliphatic carbocycles. The fourth-order valence-electron chi connectivity index (χ4n) is 3.18.